The van der Waals surface area contributed by atoms with Crippen molar-refractivity contribution in [3.63, 3.8) is 0 Å². The monoisotopic (exact) mass is 335 g/mol. The maximum absolute atomic E-state index is 12.4. The molecular weight excluding hydrogens is 310 g/mol. The molecule has 2 aromatic heterocycles. The van der Waals surface area contributed by atoms with Crippen molar-refractivity contribution in [2.45, 2.75) is 39.8 Å². The van der Waals surface area contributed by atoms with Crippen molar-refractivity contribution < 1.29 is 0 Å². The van der Waals surface area contributed by atoms with Gasteiger partial charge in [0.1, 0.15) is 0 Å². The fraction of sp³-hybridized carbons (Fsp3) is 0.333. The van der Waals surface area contributed by atoms with E-state index >= 15 is 0 Å². The molecule has 0 fully saturated rings. The lowest BCUT2D eigenvalue weighted by atomic mass is 10.1. The second-order valence-corrected chi connectivity index (χ2v) is 6.95. The van der Waals surface area contributed by atoms with Gasteiger partial charge in [-0.2, -0.15) is 0 Å². The number of rotatable bonds is 5. The summed E-state index contributed by atoms with van der Waals surface area (Å²) in [6.45, 7) is 6.94. The van der Waals surface area contributed by atoms with Crippen LogP contribution in [-0.4, -0.2) is 28.0 Å². The van der Waals surface area contributed by atoms with Crippen LogP contribution in [-0.2, 0) is 13.0 Å². The molecule has 3 aromatic rings. The van der Waals surface area contributed by atoms with Gasteiger partial charge in [-0.15, -0.1) is 0 Å². The molecule has 0 aliphatic carbocycles. The molecular formula is C21H25N3O. The van der Waals surface area contributed by atoms with Crippen LogP contribution in [0.2, 0.25) is 0 Å². The average Bonchev–Trinajstić information content (AvgIpc) is 2.58. The molecule has 0 aliphatic heterocycles. The number of hydrogen-bond acceptors (Lipinski definition) is 3. The third kappa shape index (κ3) is 3.97. The zero-order chi connectivity index (χ0) is 18.0. The van der Waals surface area contributed by atoms with Crippen molar-refractivity contribution in [2.75, 3.05) is 7.05 Å². The highest BCUT2D eigenvalue weighted by Gasteiger charge is 2.14. The van der Waals surface area contributed by atoms with Crippen molar-refractivity contribution in [1.82, 2.24) is 14.9 Å². The molecule has 130 valence electrons. The van der Waals surface area contributed by atoms with Crippen LogP contribution in [0.25, 0.3) is 10.9 Å². The van der Waals surface area contributed by atoms with E-state index in [0.717, 1.165) is 28.6 Å². The van der Waals surface area contributed by atoms with Crippen LogP contribution in [0.5, 0.6) is 0 Å². The van der Waals surface area contributed by atoms with E-state index < -0.39 is 0 Å². The summed E-state index contributed by atoms with van der Waals surface area (Å²) in [5.41, 5.74) is 5.19. The topological polar surface area (TPSA) is 49.0 Å². The highest BCUT2D eigenvalue weighted by atomic mass is 16.1. The van der Waals surface area contributed by atoms with Gasteiger partial charge in [0, 0.05) is 42.0 Å². The van der Waals surface area contributed by atoms with E-state index in [2.05, 4.69) is 54.8 Å². The van der Waals surface area contributed by atoms with Crippen LogP contribution < -0.4 is 5.56 Å². The zero-order valence-electron chi connectivity index (χ0n) is 15.3. The molecule has 0 saturated carbocycles. The van der Waals surface area contributed by atoms with E-state index in [9.17, 15) is 4.79 Å². The van der Waals surface area contributed by atoms with Gasteiger partial charge in [0.15, 0.2) is 0 Å². The summed E-state index contributed by atoms with van der Waals surface area (Å²) in [5, 5.41) is 1.08. The van der Waals surface area contributed by atoms with Gasteiger partial charge in [-0.05, 0) is 63.0 Å². The quantitative estimate of drug-likeness (QED) is 0.775. The number of H-pyrrole nitrogens is 1. The van der Waals surface area contributed by atoms with E-state index in [0.29, 0.717) is 12.6 Å². The first kappa shape index (κ1) is 17.4. The summed E-state index contributed by atoms with van der Waals surface area (Å²) in [6, 6.07) is 12.4. The Hall–Kier alpha value is -2.46. The molecule has 0 aliphatic rings. The standard InChI is InChI=1S/C21H25N3O/c1-14-7-8-19-17(10-14)12-18(21(25)23-19)13-24(4)16(3)11-20-15(2)6-5-9-22-20/h5-10,12,16H,11,13H2,1-4H3,(H,23,25)/t16-/m0/s1. The molecule has 0 bridgehead atoms. The molecule has 3 rings (SSSR count). The number of aromatic nitrogens is 2. The summed E-state index contributed by atoms with van der Waals surface area (Å²) >= 11 is 0. The van der Waals surface area contributed by atoms with Crippen molar-refractivity contribution in [3.8, 4) is 0 Å². The Morgan fingerprint density at radius 2 is 2.00 bits per heavy atom. The molecule has 0 saturated heterocycles. The molecule has 2 heterocycles. The van der Waals surface area contributed by atoms with E-state index in [1.807, 2.05) is 30.5 Å². The summed E-state index contributed by atoms with van der Waals surface area (Å²) in [5.74, 6) is 0. The summed E-state index contributed by atoms with van der Waals surface area (Å²) < 4.78 is 0. The predicted octanol–water partition coefficient (Wildman–Crippen LogP) is 3.60. The fourth-order valence-corrected chi connectivity index (χ4v) is 3.08. The van der Waals surface area contributed by atoms with E-state index in [-0.39, 0.29) is 5.56 Å². The summed E-state index contributed by atoms with van der Waals surface area (Å²) in [7, 11) is 2.06. The number of nitrogens with one attached hydrogen (secondary N) is 1. The first-order valence-electron chi connectivity index (χ1n) is 8.67. The van der Waals surface area contributed by atoms with Crippen molar-refractivity contribution >= 4 is 10.9 Å². The lowest BCUT2D eigenvalue weighted by Crippen LogP contribution is -2.33. The van der Waals surface area contributed by atoms with Crippen LogP contribution in [0.1, 0.15) is 29.3 Å². The maximum atomic E-state index is 12.4. The van der Waals surface area contributed by atoms with E-state index in [1.165, 1.54) is 11.1 Å². The number of fused-ring (bicyclic) bond motifs is 1. The third-order valence-corrected chi connectivity index (χ3v) is 4.86. The van der Waals surface area contributed by atoms with E-state index in [1.54, 1.807) is 0 Å². The van der Waals surface area contributed by atoms with Gasteiger partial charge in [-0.25, -0.2) is 0 Å². The molecule has 4 nitrogen and oxygen atoms in total. The molecule has 0 radical (unpaired) electrons. The zero-order valence-corrected chi connectivity index (χ0v) is 15.3. The first-order valence-corrected chi connectivity index (χ1v) is 8.67. The van der Waals surface area contributed by atoms with Gasteiger partial charge in [0.05, 0.1) is 0 Å². The molecule has 1 aromatic carbocycles. The Bertz CT molecular complexity index is 945. The Kier molecular flexibility index (Phi) is 5.00. The van der Waals surface area contributed by atoms with Gasteiger partial charge in [-0.1, -0.05) is 17.7 Å². The number of aryl methyl sites for hydroxylation is 2. The van der Waals surface area contributed by atoms with Crippen molar-refractivity contribution in [3.05, 3.63) is 75.3 Å². The van der Waals surface area contributed by atoms with Gasteiger partial charge >= 0.3 is 0 Å². The van der Waals surface area contributed by atoms with Crippen LogP contribution in [0, 0.1) is 13.8 Å². The van der Waals surface area contributed by atoms with Gasteiger partial charge in [-0.3, -0.25) is 14.7 Å². The van der Waals surface area contributed by atoms with Crippen LogP contribution in [0.15, 0.2) is 47.4 Å². The van der Waals surface area contributed by atoms with E-state index in [4.69, 9.17) is 0 Å². The molecule has 25 heavy (non-hydrogen) atoms. The Morgan fingerprint density at radius 3 is 2.76 bits per heavy atom. The third-order valence-electron chi connectivity index (χ3n) is 4.86. The molecule has 0 unspecified atom stereocenters. The van der Waals surface area contributed by atoms with Crippen LogP contribution in [0.4, 0.5) is 0 Å². The molecule has 4 heteroatoms. The molecule has 0 amide bonds. The smallest absolute Gasteiger partial charge is 0.252 e. The molecule has 1 N–H and O–H groups in total. The SMILES string of the molecule is Cc1ccc2[nH]c(=O)c(CN(C)[C@@H](C)Cc3ncccc3C)cc2c1. The van der Waals surface area contributed by atoms with Gasteiger partial charge in [0.2, 0.25) is 0 Å². The van der Waals surface area contributed by atoms with Gasteiger partial charge < -0.3 is 4.98 Å². The predicted molar refractivity (Wildman–Crippen MR) is 103 cm³/mol. The lowest BCUT2D eigenvalue weighted by Gasteiger charge is -2.24. The largest absolute Gasteiger partial charge is 0.322 e. The maximum Gasteiger partial charge on any atom is 0.252 e. The lowest BCUT2D eigenvalue weighted by molar-refractivity contribution is 0.246. The minimum Gasteiger partial charge on any atom is -0.322 e. The van der Waals surface area contributed by atoms with Crippen molar-refractivity contribution in [1.29, 1.82) is 0 Å². The summed E-state index contributed by atoms with van der Waals surface area (Å²) in [6.07, 6.45) is 2.71. The molecule has 1 atom stereocenters. The number of benzene rings is 1. The number of nitrogens with zero attached hydrogens (tertiary/aromatic N) is 2. The highest BCUT2D eigenvalue weighted by Crippen LogP contribution is 2.15. The first-order chi connectivity index (χ1) is 11.9. The molecule has 0 spiro atoms. The Balaban J connectivity index is 1.79. The second-order valence-electron chi connectivity index (χ2n) is 6.95. The minimum absolute atomic E-state index is 0.00980. The minimum atomic E-state index is -0.00980. The van der Waals surface area contributed by atoms with Gasteiger partial charge in [0.25, 0.3) is 5.56 Å². The number of pyridine rings is 2. The fourth-order valence-electron chi connectivity index (χ4n) is 3.08. The Labute approximate surface area is 148 Å². The number of aromatic amines is 1. The second kappa shape index (κ2) is 7.19. The summed E-state index contributed by atoms with van der Waals surface area (Å²) in [4.78, 5) is 22.1. The normalized spacial score (nSPS) is 12.7. The highest BCUT2D eigenvalue weighted by molar-refractivity contribution is 5.79. The van der Waals surface area contributed by atoms with Crippen LogP contribution >= 0.6 is 0 Å². The van der Waals surface area contributed by atoms with Crippen LogP contribution in [0.3, 0.4) is 0 Å². The number of hydrogen-bond donors (Lipinski definition) is 1. The number of likely N-dealkylation sites (N-methyl/N-ethyl adjacent to an activating group) is 1. The Morgan fingerprint density at radius 1 is 1.20 bits per heavy atom. The van der Waals surface area contributed by atoms with Crippen molar-refractivity contribution in [2.24, 2.45) is 0 Å². The average molecular weight is 335 g/mol.